The summed E-state index contributed by atoms with van der Waals surface area (Å²) in [6.07, 6.45) is 0.829. The molecule has 3 amide bonds. The van der Waals surface area contributed by atoms with Crippen molar-refractivity contribution >= 4 is 34.7 Å². The van der Waals surface area contributed by atoms with Crippen molar-refractivity contribution in [3.63, 3.8) is 0 Å². The van der Waals surface area contributed by atoms with Gasteiger partial charge >= 0.3 is 0 Å². The second-order valence-electron chi connectivity index (χ2n) is 6.92. The standard InChI is InChI=1S/C21H26N4O3S/c1-2-22-20(27)16-5-3-6-18(13-16)23-19(26)14-24-8-4-9-25(11-10-24)21(28)17-7-12-29-15-17/h3,5-7,12-13,15H,2,4,8-11,14H2,1H3,(H,22,27)(H,23,26). The highest BCUT2D eigenvalue weighted by atomic mass is 32.1. The largest absolute Gasteiger partial charge is 0.352 e. The molecular formula is C21H26N4O3S. The van der Waals surface area contributed by atoms with E-state index < -0.39 is 0 Å². The third-order valence-electron chi connectivity index (χ3n) is 4.76. The number of carbonyl (C=O) groups excluding carboxylic acids is 3. The van der Waals surface area contributed by atoms with Gasteiger partial charge in [0.2, 0.25) is 5.91 Å². The van der Waals surface area contributed by atoms with Crippen molar-refractivity contribution in [2.75, 3.05) is 44.6 Å². The molecule has 0 aliphatic carbocycles. The topological polar surface area (TPSA) is 81.8 Å². The van der Waals surface area contributed by atoms with Crippen molar-refractivity contribution in [1.82, 2.24) is 15.1 Å². The van der Waals surface area contributed by atoms with E-state index in [4.69, 9.17) is 0 Å². The Labute approximate surface area is 174 Å². The molecular weight excluding hydrogens is 388 g/mol. The lowest BCUT2D eigenvalue weighted by molar-refractivity contribution is -0.117. The van der Waals surface area contributed by atoms with E-state index in [-0.39, 0.29) is 24.3 Å². The van der Waals surface area contributed by atoms with Crippen LogP contribution in [0.15, 0.2) is 41.1 Å². The van der Waals surface area contributed by atoms with Crippen LogP contribution >= 0.6 is 11.3 Å². The van der Waals surface area contributed by atoms with E-state index in [2.05, 4.69) is 15.5 Å². The van der Waals surface area contributed by atoms with Gasteiger partial charge in [0.25, 0.3) is 11.8 Å². The Morgan fingerprint density at radius 2 is 1.93 bits per heavy atom. The molecule has 1 saturated heterocycles. The van der Waals surface area contributed by atoms with Crippen molar-refractivity contribution in [3.05, 3.63) is 52.2 Å². The summed E-state index contributed by atoms with van der Waals surface area (Å²) < 4.78 is 0. The Bertz CT molecular complexity index is 853. The highest BCUT2D eigenvalue weighted by Crippen LogP contribution is 2.13. The number of amides is 3. The maximum absolute atomic E-state index is 12.5. The van der Waals surface area contributed by atoms with Crippen LogP contribution in [0.3, 0.4) is 0 Å². The minimum absolute atomic E-state index is 0.0553. The summed E-state index contributed by atoms with van der Waals surface area (Å²) in [6.45, 7) is 5.39. The second-order valence-corrected chi connectivity index (χ2v) is 7.70. The lowest BCUT2D eigenvalue weighted by Gasteiger charge is -2.21. The number of nitrogens with one attached hydrogen (secondary N) is 2. The highest BCUT2D eigenvalue weighted by Gasteiger charge is 2.21. The third kappa shape index (κ3) is 5.88. The van der Waals surface area contributed by atoms with Gasteiger partial charge in [-0.1, -0.05) is 6.07 Å². The van der Waals surface area contributed by atoms with E-state index in [1.165, 1.54) is 11.3 Å². The summed E-state index contributed by atoms with van der Waals surface area (Å²) in [7, 11) is 0. The van der Waals surface area contributed by atoms with Gasteiger partial charge in [-0.2, -0.15) is 11.3 Å². The van der Waals surface area contributed by atoms with Gasteiger partial charge in [0.1, 0.15) is 0 Å². The van der Waals surface area contributed by atoms with Crippen molar-refractivity contribution in [2.45, 2.75) is 13.3 Å². The lowest BCUT2D eigenvalue weighted by atomic mass is 10.2. The maximum Gasteiger partial charge on any atom is 0.254 e. The Morgan fingerprint density at radius 3 is 2.69 bits per heavy atom. The Balaban J connectivity index is 1.51. The minimum atomic E-state index is -0.161. The van der Waals surface area contributed by atoms with Crippen LogP contribution in [0.5, 0.6) is 0 Å². The lowest BCUT2D eigenvalue weighted by Crippen LogP contribution is -2.38. The normalized spacial score (nSPS) is 14.9. The monoisotopic (exact) mass is 414 g/mol. The van der Waals surface area contributed by atoms with Gasteiger partial charge in [-0.25, -0.2) is 0 Å². The predicted octanol–water partition coefficient (Wildman–Crippen LogP) is 2.28. The molecule has 1 fully saturated rings. The van der Waals surface area contributed by atoms with Gasteiger partial charge in [-0.3, -0.25) is 19.3 Å². The summed E-state index contributed by atoms with van der Waals surface area (Å²) in [5.74, 6) is -0.234. The molecule has 2 N–H and O–H groups in total. The van der Waals surface area contributed by atoms with Crippen LogP contribution in [0.2, 0.25) is 0 Å². The molecule has 0 atom stereocenters. The zero-order chi connectivity index (χ0) is 20.6. The van der Waals surface area contributed by atoms with Gasteiger partial charge in [-0.05, 0) is 43.0 Å². The minimum Gasteiger partial charge on any atom is -0.352 e. The first-order valence-electron chi connectivity index (χ1n) is 9.78. The fourth-order valence-electron chi connectivity index (χ4n) is 3.31. The molecule has 1 aromatic heterocycles. The zero-order valence-electron chi connectivity index (χ0n) is 16.5. The summed E-state index contributed by atoms with van der Waals surface area (Å²) in [6, 6.07) is 8.75. The zero-order valence-corrected chi connectivity index (χ0v) is 17.3. The summed E-state index contributed by atoms with van der Waals surface area (Å²) in [5, 5.41) is 9.38. The molecule has 1 aromatic carbocycles. The molecule has 2 aromatic rings. The number of carbonyl (C=O) groups is 3. The molecule has 0 bridgehead atoms. The van der Waals surface area contributed by atoms with E-state index in [1.807, 2.05) is 28.7 Å². The predicted molar refractivity (Wildman–Crippen MR) is 114 cm³/mol. The van der Waals surface area contributed by atoms with Gasteiger partial charge in [-0.15, -0.1) is 0 Å². The number of thiophene rings is 1. The van der Waals surface area contributed by atoms with E-state index in [1.54, 1.807) is 24.3 Å². The molecule has 1 aliphatic heterocycles. The first-order valence-corrected chi connectivity index (χ1v) is 10.7. The van der Waals surface area contributed by atoms with Crippen molar-refractivity contribution < 1.29 is 14.4 Å². The number of benzene rings is 1. The molecule has 0 radical (unpaired) electrons. The quantitative estimate of drug-likeness (QED) is 0.760. The summed E-state index contributed by atoms with van der Waals surface area (Å²) >= 11 is 1.52. The number of rotatable bonds is 6. The van der Waals surface area contributed by atoms with Crippen LogP contribution in [0.1, 0.15) is 34.1 Å². The van der Waals surface area contributed by atoms with E-state index in [0.717, 1.165) is 18.5 Å². The number of hydrogen-bond acceptors (Lipinski definition) is 5. The summed E-state index contributed by atoms with van der Waals surface area (Å²) in [4.78, 5) is 40.9. The number of nitrogens with zero attached hydrogens (tertiary/aromatic N) is 2. The van der Waals surface area contributed by atoms with Crippen molar-refractivity contribution in [3.8, 4) is 0 Å². The van der Waals surface area contributed by atoms with E-state index in [9.17, 15) is 14.4 Å². The smallest absolute Gasteiger partial charge is 0.254 e. The van der Waals surface area contributed by atoms with Gasteiger partial charge in [0, 0.05) is 49.4 Å². The molecule has 1 aliphatic rings. The molecule has 8 heteroatoms. The highest BCUT2D eigenvalue weighted by molar-refractivity contribution is 7.08. The van der Waals surface area contributed by atoms with Crippen molar-refractivity contribution in [2.24, 2.45) is 0 Å². The Kier molecular flexibility index (Phi) is 7.37. The van der Waals surface area contributed by atoms with E-state index in [0.29, 0.717) is 37.4 Å². The van der Waals surface area contributed by atoms with Gasteiger partial charge < -0.3 is 15.5 Å². The molecule has 2 heterocycles. The molecule has 154 valence electrons. The average Bonchev–Trinajstić information content (AvgIpc) is 3.15. The first-order chi connectivity index (χ1) is 14.1. The van der Waals surface area contributed by atoms with Gasteiger partial charge in [0.15, 0.2) is 0 Å². The van der Waals surface area contributed by atoms with Crippen LogP contribution in [0.4, 0.5) is 5.69 Å². The third-order valence-corrected chi connectivity index (χ3v) is 5.44. The Morgan fingerprint density at radius 1 is 1.07 bits per heavy atom. The van der Waals surface area contributed by atoms with E-state index >= 15 is 0 Å². The van der Waals surface area contributed by atoms with Crippen LogP contribution in [0.25, 0.3) is 0 Å². The fraction of sp³-hybridized carbons (Fsp3) is 0.381. The summed E-state index contributed by atoms with van der Waals surface area (Å²) in [5.41, 5.74) is 1.85. The molecule has 0 spiro atoms. The molecule has 0 saturated carbocycles. The SMILES string of the molecule is CCNC(=O)c1cccc(NC(=O)CN2CCCN(C(=O)c3ccsc3)CC2)c1. The fourth-order valence-corrected chi connectivity index (χ4v) is 3.94. The van der Waals surface area contributed by atoms with Crippen LogP contribution in [-0.4, -0.2) is 66.8 Å². The average molecular weight is 415 g/mol. The second kappa shape index (κ2) is 10.2. The molecule has 3 rings (SSSR count). The molecule has 0 unspecified atom stereocenters. The number of hydrogen-bond donors (Lipinski definition) is 2. The maximum atomic E-state index is 12.5. The van der Waals surface area contributed by atoms with Crippen LogP contribution < -0.4 is 10.6 Å². The molecule has 7 nitrogen and oxygen atoms in total. The van der Waals surface area contributed by atoms with Crippen LogP contribution in [-0.2, 0) is 4.79 Å². The Hall–Kier alpha value is -2.71. The molecule has 29 heavy (non-hydrogen) atoms. The van der Waals surface area contributed by atoms with Crippen LogP contribution in [0, 0.1) is 0 Å². The number of anilines is 1. The van der Waals surface area contributed by atoms with Gasteiger partial charge in [0.05, 0.1) is 12.1 Å². The first kappa shape index (κ1) is 21.0. The van der Waals surface area contributed by atoms with Crippen molar-refractivity contribution in [1.29, 1.82) is 0 Å².